The molecule has 3 aromatic rings. The van der Waals surface area contributed by atoms with Crippen LogP contribution in [0.25, 0.3) is 20.2 Å². The molecule has 11 heteroatoms. The molecule has 0 saturated heterocycles. The van der Waals surface area contributed by atoms with E-state index in [1.165, 1.54) is 0 Å². The third-order valence-electron chi connectivity index (χ3n) is 3.64. The Kier molecular flexibility index (Phi) is 3.88. The second-order valence-electron chi connectivity index (χ2n) is 5.33. The minimum absolute atomic E-state index is 0.0348. The van der Waals surface area contributed by atoms with Crippen molar-refractivity contribution in [3.63, 3.8) is 0 Å². The number of rotatable bonds is 0. The van der Waals surface area contributed by atoms with Gasteiger partial charge in [-0.05, 0) is 24.3 Å². The topological polar surface area (TPSA) is 20.2 Å². The standard InChI is InChI=1S/C15H5F9OS/c16-13(17,18)5-3-7-6-1-2-9(25)10(15(22,23)24)12(6)26-11(7)8(4-5)14(19,20)21/h1-4,25H. The fourth-order valence-electron chi connectivity index (χ4n) is 2.58. The highest BCUT2D eigenvalue weighted by molar-refractivity contribution is 7.26. The summed E-state index contributed by atoms with van der Waals surface area (Å²) in [6, 6.07) is 1.69. The van der Waals surface area contributed by atoms with E-state index in [1.54, 1.807) is 0 Å². The first-order valence-electron chi connectivity index (χ1n) is 6.65. The number of halogens is 9. The number of fused-ring (bicyclic) bond motifs is 3. The van der Waals surface area contributed by atoms with E-state index in [0.717, 1.165) is 6.07 Å². The molecule has 0 atom stereocenters. The average molecular weight is 404 g/mol. The molecule has 0 fully saturated rings. The van der Waals surface area contributed by atoms with Crippen molar-refractivity contribution in [2.45, 2.75) is 18.5 Å². The molecule has 0 spiro atoms. The first-order valence-corrected chi connectivity index (χ1v) is 7.46. The summed E-state index contributed by atoms with van der Waals surface area (Å²) >= 11 is 0.0348. The quantitative estimate of drug-likeness (QED) is 0.408. The molecule has 0 unspecified atom stereocenters. The van der Waals surface area contributed by atoms with Crippen molar-refractivity contribution in [2.24, 2.45) is 0 Å². The average Bonchev–Trinajstić information content (AvgIpc) is 2.80. The molecule has 1 nitrogen and oxygen atoms in total. The number of alkyl halides is 9. The van der Waals surface area contributed by atoms with Crippen LogP contribution in [0, 0.1) is 0 Å². The third kappa shape index (κ3) is 2.93. The molecule has 1 aromatic heterocycles. The first-order chi connectivity index (χ1) is 11.7. The van der Waals surface area contributed by atoms with Crippen LogP contribution in [0.4, 0.5) is 39.5 Å². The fraction of sp³-hybridized carbons (Fsp3) is 0.200. The maximum absolute atomic E-state index is 13.2. The largest absolute Gasteiger partial charge is 0.507 e. The van der Waals surface area contributed by atoms with Gasteiger partial charge < -0.3 is 5.11 Å². The van der Waals surface area contributed by atoms with Crippen LogP contribution in [0.5, 0.6) is 5.75 Å². The number of aromatic hydroxyl groups is 1. The van der Waals surface area contributed by atoms with Crippen molar-refractivity contribution in [1.82, 2.24) is 0 Å². The highest BCUT2D eigenvalue weighted by Crippen LogP contribution is 2.50. The highest BCUT2D eigenvalue weighted by atomic mass is 32.1. The Balaban J connectivity index is 2.54. The van der Waals surface area contributed by atoms with Gasteiger partial charge in [0.1, 0.15) is 11.3 Å². The third-order valence-corrected chi connectivity index (χ3v) is 4.91. The highest BCUT2D eigenvalue weighted by Gasteiger charge is 2.41. The molecule has 0 radical (unpaired) electrons. The van der Waals surface area contributed by atoms with Crippen molar-refractivity contribution >= 4 is 31.5 Å². The molecule has 140 valence electrons. The van der Waals surface area contributed by atoms with Gasteiger partial charge in [-0.3, -0.25) is 0 Å². The molecule has 0 saturated carbocycles. The zero-order chi connectivity index (χ0) is 19.7. The summed E-state index contributed by atoms with van der Waals surface area (Å²) in [6.07, 6.45) is -15.4. The summed E-state index contributed by atoms with van der Waals surface area (Å²) in [5.74, 6) is -1.22. The van der Waals surface area contributed by atoms with Gasteiger partial charge in [-0.2, -0.15) is 39.5 Å². The maximum Gasteiger partial charge on any atom is 0.421 e. The molecule has 0 aliphatic carbocycles. The lowest BCUT2D eigenvalue weighted by Crippen LogP contribution is -2.10. The van der Waals surface area contributed by atoms with E-state index in [2.05, 4.69) is 0 Å². The summed E-state index contributed by atoms with van der Waals surface area (Å²) < 4.78 is 116. The Morgan fingerprint density at radius 3 is 1.81 bits per heavy atom. The molecule has 1 heterocycles. The van der Waals surface area contributed by atoms with E-state index in [0.29, 0.717) is 12.1 Å². The molecule has 26 heavy (non-hydrogen) atoms. The maximum atomic E-state index is 13.2. The predicted octanol–water partition coefficient (Wildman–Crippen LogP) is 6.82. The Morgan fingerprint density at radius 1 is 0.692 bits per heavy atom. The summed E-state index contributed by atoms with van der Waals surface area (Å²) in [5, 5.41) is 8.40. The molecule has 0 amide bonds. The van der Waals surface area contributed by atoms with Gasteiger partial charge in [0.05, 0.1) is 15.8 Å². The predicted molar refractivity (Wildman–Crippen MR) is 76.0 cm³/mol. The molecule has 2 aromatic carbocycles. The summed E-state index contributed by atoms with van der Waals surface area (Å²) in [6.45, 7) is 0. The summed E-state index contributed by atoms with van der Waals surface area (Å²) in [4.78, 5) is 0. The van der Waals surface area contributed by atoms with Gasteiger partial charge in [0.15, 0.2) is 0 Å². The van der Waals surface area contributed by atoms with Gasteiger partial charge in [0.25, 0.3) is 0 Å². The lowest BCUT2D eigenvalue weighted by atomic mass is 10.0. The van der Waals surface area contributed by atoms with Gasteiger partial charge in [0.2, 0.25) is 0 Å². The second-order valence-corrected chi connectivity index (χ2v) is 6.35. The van der Waals surface area contributed by atoms with E-state index in [1.807, 2.05) is 0 Å². The molecule has 0 aliphatic rings. The van der Waals surface area contributed by atoms with E-state index in [-0.39, 0.29) is 17.4 Å². The van der Waals surface area contributed by atoms with Crippen molar-refractivity contribution < 1.29 is 44.6 Å². The van der Waals surface area contributed by atoms with Crippen molar-refractivity contribution in [3.8, 4) is 5.75 Å². The Bertz CT molecular complexity index is 1010. The van der Waals surface area contributed by atoms with Crippen LogP contribution in [0.1, 0.15) is 16.7 Å². The molecule has 3 rings (SSSR count). The smallest absolute Gasteiger partial charge is 0.421 e. The first kappa shape index (κ1) is 18.6. The molecular weight excluding hydrogens is 399 g/mol. The SMILES string of the molecule is Oc1ccc2c(sc3c(C(F)(F)F)cc(C(F)(F)F)cc32)c1C(F)(F)F. The van der Waals surface area contributed by atoms with Crippen LogP contribution in [-0.2, 0) is 18.5 Å². The van der Waals surface area contributed by atoms with E-state index in [4.69, 9.17) is 0 Å². The van der Waals surface area contributed by atoms with Crippen LogP contribution < -0.4 is 0 Å². The number of hydrogen-bond acceptors (Lipinski definition) is 2. The monoisotopic (exact) mass is 404 g/mol. The number of phenolic OH excluding ortho intramolecular Hbond substituents is 1. The summed E-state index contributed by atoms with van der Waals surface area (Å²) in [7, 11) is 0. The van der Waals surface area contributed by atoms with Crippen LogP contribution in [0.3, 0.4) is 0 Å². The van der Waals surface area contributed by atoms with Crippen molar-refractivity contribution in [2.75, 3.05) is 0 Å². The Morgan fingerprint density at radius 2 is 1.31 bits per heavy atom. The normalized spacial score (nSPS) is 13.7. The van der Waals surface area contributed by atoms with Crippen molar-refractivity contribution in [1.29, 1.82) is 0 Å². The summed E-state index contributed by atoms with van der Waals surface area (Å²) in [5.41, 5.74) is -4.90. The van der Waals surface area contributed by atoms with E-state index < -0.39 is 61.1 Å². The van der Waals surface area contributed by atoms with Crippen LogP contribution in [-0.4, -0.2) is 5.11 Å². The number of phenols is 1. The molecular formula is C15H5F9OS. The van der Waals surface area contributed by atoms with Gasteiger partial charge in [-0.15, -0.1) is 11.3 Å². The van der Waals surface area contributed by atoms with Gasteiger partial charge in [-0.25, -0.2) is 0 Å². The van der Waals surface area contributed by atoms with Gasteiger partial charge in [0, 0.05) is 15.5 Å². The molecule has 1 N–H and O–H groups in total. The van der Waals surface area contributed by atoms with Crippen molar-refractivity contribution in [3.05, 3.63) is 41.0 Å². The minimum Gasteiger partial charge on any atom is -0.507 e. The molecule has 0 bridgehead atoms. The lowest BCUT2D eigenvalue weighted by Gasteiger charge is -2.12. The number of hydrogen-bond donors (Lipinski definition) is 1. The lowest BCUT2D eigenvalue weighted by molar-refractivity contribution is -0.142. The van der Waals surface area contributed by atoms with Crippen LogP contribution >= 0.6 is 11.3 Å². The second kappa shape index (κ2) is 5.41. The van der Waals surface area contributed by atoms with E-state index in [9.17, 15) is 44.6 Å². The number of benzene rings is 2. The molecule has 0 aliphatic heterocycles. The van der Waals surface area contributed by atoms with Gasteiger partial charge in [-0.1, -0.05) is 0 Å². The fourth-order valence-corrected chi connectivity index (χ4v) is 3.96. The zero-order valence-corrected chi connectivity index (χ0v) is 12.9. The zero-order valence-electron chi connectivity index (χ0n) is 12.1. The Hall–Kier alpha value is -2.17. The van der Waals surface area contributed by atoms with Crippen LogP contribution in [0.2, 0.25) is 0 Å². The van der Waals surface area contributed by atoms with Gasteiger partial charge >= 0.3 is 18.5 Å². The number of thiophene rings is 1. The van der Waals surface area contributed by atoms with E-state index >= 15 is 0 Å². The minimum atomic E-state index is -5.21. The Labute approximate surface area is 142 Å². The van der Waals surface area contributed by atoms with Crippen LogP contribution in [0.15, 0.2) is 24.3 Å².